The molecule has 0 spiro atoms. The van der Waals surface area contributed by atoms with E-state index in [1.165, 1.54) is 135 Å². The fraction of sp³-hybridized carbons (Fsp3) is 0.800. The van der Waals surface area contributed by atoms with E-state index in [0.717, 1.165) is 89.9 Å². The summed E-state index contributed by atoms with van der Waals surface area (Å²) in [4.78, 5) is 37.9. The Labute approximate surface area is 378 Å². The number of unbranched alkanes of at least 4 members (excludes halogenated alkanes) is 29. The van der Waals surface area contributed by atoms with E-state index >= 15 is 0 Å². The third-order valence-electron chi connectivity index (χ3n) is 11.3. The fourth-order valence-corrected chi connectivity index (χ4v) is 7.29. The van der Waals surface area contributed by atoms with Crippen LogP contribution in [0.25, 0.3) is 0 Å². The second-order valence-electron chi connectivity index (χ2n) is 17.5. The number of carbonyl (C=O) groups is 3. The van der Waals surface area contributed by atoms with E-state index in [2.05, 4.69) is 69.4 Å². The number of hydrogen-bond donors (Lipinski definition) is 0. The molecule has 0 aromatic rings. The van der Waals surface area contributed by atoms with Gasteiger partial charge in [0.2, 0.25) is 0 Å². The van der Waals surface area contributed by atoms with Gasteiger partial charge in [-0.15, -0.1) is 0 Å². The summed E-state index contributed by atoms with van der Waals surface area (Å²) < 4.78 is 16.8. The first-order valence-electron chi connectivity index (χ1n) is 26.2. The van der Waals surface area contributed by atoms with Crippen LogP contribution < -0.4 is 0 Å². The van der Waals surface area contributed by atoms with Gasteiger partial charge in [-0.2, -0.15) is 0 Å². The average Bonchev–Trinajstić information content (AvgIpc) is 3.26. The lowest BCUT2D eigenvalue weighted by atomic mass is 10.1. The van der Waals surface area contributed by atoms with E-state index in [9.17, 15) is 14.4 Å². The molecular weight excluding hydrogens is 757 g/mol. The number of ether oxygens (including phenoxy) is 3. The Morgan fingerprint density at radius 2 is 0.607 bits per heavy atom. The lowest BCUT2D eigenvalue weighted by Crippen LogP contribution is -2.30. The van der Waals surface area contributed by atoms with Crippen LogP contribution in [0.1, 0.15) is 265 Å². The van der Waals surface area contributed by atoms with Gasteiger partial charge in [0.25, 0.3) is 0 Å². The molecule has 1 unspecified atom stereocenters. The standard InChI is InChI=1S/C55H98O6/c1-4-7-10-13-16-19-22-24-26-27-28-29-30-32-33-36-39-42-45-48-54(57)60-51-52(50-59-53(56)47-44-41-38-35-21-18-15-12-9-6-3)61-55(58)49-46-43-40-37-34-31-25-23-20-17-14-11-8-5-2/h15-16,18-19,22,24,31,34,52H,4-14,17,20-21,23,25-30,32-33,35-51H2,1-3H3/b18-15-,19-16-,24-22-,34-31-. The van der Waals surface area contributed by atoms with Crippen LogP contribution in [0.2, 0.25) is 0 Å². The van der Waals surface area contributed by atoms with Gasteiger partial charge in [-0.1, -0.05) is 204 Å². The summed E-state index contributed by atoms with van der Waals surface area (Å²) in [6.07, 6.45) is 59.5. The van der Waals surface area contributed by atoms with Gasteiger partial charge in [-0.05, 0) is 89.9 Å². The van der Waals surface area contributed by atoms with Crippen molar-refractivity contribution in [2.45, 2.75) is 271 Å². The first kappa shape index (κ1) is 58.4. The summed E-state index contributed by atoms with van der Waals surface area (Å²) in [7, 11) is 0. The molecule has 0 N–H and O–H groups in total. The molecule has 0 bridgehead atoms. The van der Waals surface area contributed by atoms with Crippen LogP contribution in [-0.2, 0) is 28.6 Å². The monoisotopic (exact) mass is 855 g/mol. The minimum absolute atomic E-state index is 0.0837. The van der Waals surface area contributed by atoms with E-state index in [1.54, 1.807) is 0 Å². The summed E-state index contributed by atoms with van der Waals surface area (Å²) in [5.74, 6) is -0.911. The summed E-state index contributed by atoms with van der Waals surface area (Å²) in [6.45, 7) is 6.55. The van der Waals surface area contributed by atoms with Gasteiger partial charge in [0.05, 0.1) is 0 Å². The van der Waals surface area contributed by atoms with Crippen molar-refractivity contribution in [2.75, 3.05) is 13.2 Å². The average molecular weight is 855 g/mol. The van der Waals surface area contributed by atoms with Gasteiger partial charge in [0, 0.05) is 19.3 Å². The Hall–Kier alpha value is -2.63. The maximum absolute atomic E-state index is 12.8. The molecular formula is C55H98O6. The zero-order valence-corrected chi connectivity index (χ0v) is 40.4. The highest BCUT2D eigenvalue weighted by Gasteiger charge is 2.19. The van der Waals surface area contributed by atoms with E-state index < -0.39 is 6.10 Å². The Balaban J connectivity index is 4.33. The van der Waals surface area contributed by atoms with Gasteiger partial charge in [-0.3, -0.25) is 14.4 Å². The van der Waals surface area contributed by atoms with Crippen molar-refractivity contribution >= 4 is 17.9 Å². The highest BCUT2D eigenvalue weighted by Crippen LogP contribution is 2.15. The lowest BCUT2D eigenvalue weighted by molar-refractivity contribution is -0.167. The van der Waals surface area contributed by atoms with E-state index in [4.69, 9.17) is 14.2 Å². The summed E-state index contributed by atoms with van der Waals surface area (Å²) >= 11 is 0. The molecule has 61 heavy (non-hydrogen) atoms. The quantitative estimate of drug-likeness (QED) is 0.0199. The molecule has 0 saturated carbocycles. The Bertz CT molecular complexity index is 1070. The first-order valence-corrected chi connectivity index (χ1v) is 26.2. The largest absolute Gasteiger partial charge is 0.462 e. The van der Waals surface area contributed by atoms with E-state index in [1.807, 2.05) is 0 Å². The molecule has 0 aromatic heterocycles. The lowest BCUT2D eigenvalue weighted by Gasteiger charge is -2.18. The fourth-order valence-electron chi connectivity index (χ4n) is 7.29. The predicted molar refractivity (Wildman–Crippen MR) is 261 cm³/mol. The maximum atomic E-state index is 12.8. The van der Waals surface area contributed by atoms with Crippen LogP contribution in [0.5, 0.6) is 0 Å². The van der Waals surface area contributed by atoms with Crippen molar-refractivity contribution in [3.05, 3.63) is 48.6 Å². The number of rotatable bonds is 47. The minimum Gasteiger partial charge on any atom is -0.462 e. The molecule has 0 aliphatic carbocycles. The van der Waals surface area contributed by atoms with Crippen LogP contribution in [-0.4, -0.2) is 37.2 Å². The van der Waals surface area contributed by atoms with Crippen LogP contribution in [0.4, 0.5) is 0 Å². The second-order valence-corrected chi connectivity index (χ2v) is 17.5. The van der Waals surface area contributed by atoms with Gasteiger partial charge in [0.1, 0.15) is 13.2 Å². The highest BCUT2D eigenvalue weighted by molar-refractivity contribution is 5.71. The molecule has 6 nitrogen and oxygen atoms in total. The van der Waals surface area contributed by atoms with Crippen LogP contribution >= 0.6 is 0 Å². The molecule has 354 valence electrons. The van der Waals surface area contributed by atoms with E-state index in [0.29, 0.717) is 19.3 Å². The second kappa shape index (κ2) is 50.0. The summed E-state index contributed by atoms with van der Waals surface area (Å²) in [5, 5.41) is 0. The van der Waals surface area contributed by atoms with Crippen LogP contribution in [0, 0.1) is 0 Å². The Morgan fingerprint density at radius 3 is 1.02 bits per heavy atom. The molecule has 0 aliphatic heterocycles. The van der Waals surface area contributed by atoms with Crippen molar-refractivity contribution in [2.24, 2.45) is 0 Å². The number of carbonyl (C=O) groups excluding carboxylic acids is 3. The third kappa shape index (κ3) is 48.3. The molecule has 6 heteroatoms. The molecule has 0 aromatic carbocycles. The zero-order valence-electron chi connectivity index (χ0n) is 40.4. The molecule has 0 rings (SSSR count). The van der Waals surface area contributed by atoms with Crippen molar-refractivity contribution in [3.63, 3.8) is 0 Å². The van der Waals surface area contributed by atoms with Gasteiger partial charge in [-0.25, -0.2) is 0 Å². The third-order valence-corrected chi connectivity index (χ3v) is 11.3. The van der Waals surface area contributed by atoms with Gasteiger partial charge < -0.3 is 14.2 Å². The minimum atomic E-state index is -0.784. The molecule has 0 heterocycles. The number of allylic oxidation sites excluding steroid dienone is 8. The molecule has 0 amide bonds. The topological polar surface area (TPSA) is 78.9 Å². The Kier molecular flexibility index (Phi) is 47.9. The number of esters is 3. The smallest absolute Gasteiger partial charge is 0.306 e. The molecule has 1 atom stereocenters. The maximum Gasteiger partial charge on any atom is 0.306 e. The Morgan fingerprint density at radius 1 is 0.328 bits per heavy atom. The molecule has 0 aliphatic rings. The molecule has 0 saturated heterocycles. The molecule has 0 fully saturated rings. The summed E-state index contributed by atoms with van der Waals surface area (Å²) in [5.41, 5.74) is 0. The summed E-state index contributed by atoms with van der Waals surface area (Å²) in [6, 6.07) is 0. The predicted octanol–water partition coefficient (Wildman–Crippen LogP) is 17.1. The van der Waals surface area contributed by atoms with Gasteiger partial charge >= 0.3 is 17.9 Å². The van der Waals surface area contributed by atoms with Crippen molar-refractivity contribution in [1.29, 1.82) is 0 Å². The van der Waals surface area contributed by atoms with Crippen molar-refractivity contribution in [1.82, 2.24) is 0 Å². The number of hydrogen-bond acceptors (Lipinski definition) is 6. The SMILES string of the molecule is CCCC/C=C\CCCCCCC(=O)OCC(COC(=O)CCCCCCCCCCCC/C=C\C=C/CCCCC)OC(=O)CCCCC/C=C\CCCCCCCCC. The molecule has 0 radical (unpaired) electrons. The van der Waals surface area contributed by atoms with Crippen molar-refractivity contribution < 1.29 is 28.6 Å². The van der Waals surface area contributed by atoms with Crippen LogP contribution in [0.3, 0.4) is 0 Å². The van der Waals surface area contributed by atoms with Crippen LogP contribution in [0.15, 0.2) is 48.6 Å². The normalized spacial score (nSPS) is 12.4. The van der Waals surface area contributed by atoms with Crippen molar-refractivity contribution in [3.8, 4) is 0 Å². The zero-order chi connectivity index (χ0) is 44.4. The first-order chi connectivity index (χ1) is 30.0. The van der Waals surface area contributed by atoms with Gasteiger partial charge in [0.15, 0.2) is 6.10 Å². The highest BCUT2D eigenvalue weighted by atomic mass is 16.6. The van der Waals surface area contributed by atoms with E-state index in [-0.39, 0.29) is 31.1 Å².